The highest BCUT2D eigenvalue weighted by Gasteiger charge is 2.20. The van der Waals surface area contributed by atoms with Crippen LogP contribution in [0.2, 0.25) is 0 Å². The quantitative estimate of drug-likeness (QED) is 0.686. The molecule has 1 aliphatic heterocycles. The van der Waals surface area contributed by atoms with E-state index in [-0.39, 0.29) is 0 Å². The maximum absolute atomic E-state index is 5.91. The molecule has 0 amide bonds. The molecule has 1 fully saturated rings. The molecule has 128 valence electrons. The highest BCUT2D eigenvalue weighted by atomic mass is 16.5. The second-order valence-electron chi connectivity index (χ2n) is 7.30. The Hall–Kier alpha value is -1.80. The molecular weight excluding hydrogens is 294 g/mol. The van der Waals surface area contributed by atoms with Crippen LogP contribution in [-0.2, 0) is 0 Å². The van der Waals surface area contributed by atoms with E-state index in [1.165, 1.54) is 30.6 Å². The van der Waals surface area contributed by atoms with E-state index in [4.69, 9.17) is 4.74 Å². The zero-order valence-corrected chi connectivity index (χ0v) is 14.9. The summed E-state index contributed by atoms with van der Waals surface area (Å²) < 4.78 is 5.91. The average molecular weight is 323 g/mol. The number of rotatable bonds is 6. The standard InChI is InChI=1S/C22H29NO/c1-18-15-19(2)17-23(16-18)13-6-14-24-22-11-9-21(10-12-22)20-7-4-3-5-8-20/h3-5,7-12,18-19H,6,13-17H2,1-2H3/t18-,19+. The van der Waals surface area contributed by atoms with Gasteiger partial charge in [0.25, 0.3) is 0 Å². The molecule has 2 aromatic carbocycles. The fourth-order valence-electron chi connectivity index (χ4n) is 3.83. The van der Waals surface area contributed by atoms with Gasteiger partial charge in [-0.1, -0.05) is 56.3 Å². The van der Waals surface area contributed by atoms with Crippen molar-refractivity contribution in [3.63, 3.8) is 0 Å². The smallest absolute Gasteiger partial charge is 0.119 e. The molecule has 0 aromatic heterocycles. The Morgan fingerprint density at radius 3 is 2.17 bits per heavy atom. The Morgan fingerprint density at radius 1 is 0.875 bits per heavy atom. The molecule has 0 saturated carbocycles. The van der Waals surface area contributed by atoms with Crippen molar-refractivity contribution in [2.45, 2.75) is 26.7 Å². The molecular formula is C22H29NO. The summed E-state index contributed by atoms with van der Waals surface area (Å²) in [4.78, 5) is 2.60. The Labute approximate surface area is 146 Å². The number of hydrogen-bond donors (Lipinski definition) is 0. The summed E-state index contributed by atoms with van der Waals surface area (Å²) in [6, 6.07) is 18.9. The molecule has 2 aromatic rings. The molecule has 2 atom stereocenters. The first-order valence-electron chi connectivity index (χ1n) is 9.21. The number of ether oxygens (including phenoxy) is 1. The van der Waals surface area contributed by atoms with Gasteiger partial charge >= 0.3 is 0 Å². The van der Waals surface area contributed by atoms with Crippen molar-refractivity contribution >= 4 is 0 Å². The molecule has 1 aliphatic rings. The Kier molecular flexibility index (Phi) is 5.92. The highest BCUT2D eigenvalue weighted by Crippen LogP contribution is 2.23. The van der Waals surface area contributed by atoms with Gasteiger partial charge in [-0.15, -0.1) is 0 Å². The van der Waals surface area contributed by atoms with Gasteiger partial charge in [0, 0.05) is 19.6 Å². The van der Waals surface area contributed by atoms with Crippen molar-refractivity contribution in [1.29, 1.82) is 0 Å². The van der Waals surface area contributed by atoms with Crippen LogP contribution in [0.5, 0.6) is 5.75 Å². The minimum atomic E-state index is 0.796. The maximum Gasteiger partial charge on any atom is 0.119 e. The number of nitrogens with zero attached hydrogens (tertiary/aromatic N) is 1. The van der Waals surface area contributed by atoms with Crippen molar-refractivity contribution in [3.05, 3.63) is 54.6 Å². The Bertz CT molecular complexity index is 598. The zero-order chi connectivity index (χ0) is 16.8. The van der Waals surface area contributed by atoms with Crippen molar-refractivity contribution in [1.82, 2.24) is 4.90 Å². The first-order valence-corrected chi connectivity index (χ1v) is 9.21. The van der Waals surface area contributed by atoms with Crippen molar-refractivity contribution < 1.29 is 4.74 Å². The predicted octanol–water partition coefficient (Wildman–Crippen LogP) is 5.10. The summed E-state index contributed by atoms with van der Waals surface area (Å²) in [5.41, 5.74) is 2.48. The van der Waals surface area contributed by atoms with Crippen LogP contribution in [0.4, 0.5) is 0 Å². The van der Waals surface area contributed by atoms with Gasteiger partial charge in [0.2, 0.25) is 0 Å². The molecule has 24 heavy (non-hydrogen) atoms. The number of hydrogen-bond acceptors (Lipinski definition) is 2. The molecule has 1 heterocycles. The SMILES string of the molecule is C[C@@H]1C[C@H](C)CN(CCCOc2ccc(-c3ccccc3)cc2)C1. The third-order valence-corrected chi connectivity index (χ3v) is 4.79. The third kappa shape index (κ3) is 4.85. The van der Waals surface area contributed by atoms with E-state index in [1.54, 1.807) is 0 Å². The van der Waals surface area contributed by atoms with Gasteiger partial charge in [-0.05, 0) is 47.9 Å². The lowest BCUT2D eigenvalue weighted by Gasteiger charge is -2.34. The highest BCUT2D eigenvalue weighted by molar-refractivity contribution is 5.63. The lowest BCUT2D eigenvalue weighted by atomic mass is 9.92. The van der Waals surface area contributed by atoms with Crippen LogP contribution in [0.1, 0.15) is 26.7 Å². The topological polar surface area (TPSA) is 12.5 Å². The molecule has 0 bridgehead atoms. The van der Waals surface area contributed by atoms with E-state index in [1.807, 2.05) is 6.07 Å². The fraction of sp³-hybridized carbons (Fsp3) is 0.455. The molecule has 2 heteroatoms. The number of likely N-dealkylation sites (tertiary alicyclic amines) is 1. The van der Waals surface area contributed by atoms with Gasteiger partial charge in [0.15, 0.2) is 0 Å². The van der Waals surface area contributed by atoms with E-state index in [2.05, 4.69) is 67.3 Å². The van der Waals surface area contributed by atoms with Crippen LogP contribution in [0.3, 0.4) is 0 Å². The molecule has 0 N–H and O–H groups in total. The van der Waals surface area contributed by atoms with Gasteiger partial charge < -0.3 is 9.64 Å². The molecule has 1 saturated heterocycles. The van der Waals surface area contributed by atoms with Crippen molar-refractivity contribution in [2.24, 2.45) is 11.8 Å². The zero-order valence-electron chi connectivity index (χ0n) is 14.9. The van der Waals surface area contributed by atoms with Crippen molar-refractivity contribution in [2.75, 3.05) is 26.2 Å². The van der Waals surface area contributed by atoms with E-state index in [0.29, 0.717) is 0 Å². The van der Waals surface area contributed by atoms with Crippen LogP contribution < -0.4 is 4.74 Å². The van der Waals surface area contributed by atoms with Crippen molar-refractivity contribution in [3.8, 4) is 16.9 Å². The normalized spacial score (nSPS) is 21.6. The van der Waals surface area contributed by atoms with Gasteiger partial charge in [0.1, 0.15) is 5.75 Å². The summed E-state index contributed by atoms with van der Waals surface area (Å²) >= 11 is 0. The molecule has 0 spiro atoms. The van der Waals surface area contributed by atoms with E-state index >= 15 is 0 Å². The van der Waals surface area contributed by atoms with E-state index in [0.717, 1.165) is 37.2 Å². The molecule has 2 nitrogen and oxygen atoms in total. The second-order valence-corrected chi connectivity index (χ2v) is 7.30. The molecule has 3 rings (SSSR count). The number of piperidine rings is 1. The largest absolute Gasteiger partial charge is 0.494 e. The summed E-state index contributed by atoms with van der Waals surface area (Å²) in [5, 5.41) is 0. The lowest BCUT2D eigenvalue weighted by Crippen LogP contribution is -2.39. The van der Waals surface area contributed by atoms with Gasteiger partial charge in [-0.2, -0.15) is 0 Å². The summed E-state index contributed by atoms with van der Waals surface area (Å²) in [7, 11) is 0. The lowest BCUT2D eigenvalue weighted by molar-refractivity contribution is 0.132. The van der Waals surface area contributed by atoms with Crippen LogP contribution in [0.15, 0.2) is 54.6 Å². The summed E-state index contributed by atoms with van der Waals surface area (Å²) in [6.45, 7) is 9.17. The van der Waals surface area contributed by atoms with Gasteiger partial charge in [0.05, 0.1) is 6.61 Å². The van der Waals surface area contributed by atoms with E-state index in [9.17, 15) is 0 Å². The van der Waals surface area contributed by atoms with Gasteiger partial charge in [-0.25, -0.2) is 0 Å². The monoisotopic (exact) mass is 323 g/mol. The summed E-state index contributed by atoms with van der Waals surface area (Å²) in [6.07, 6.45) is 2.47. The predicted molar refractivity (Wildman–Crippen MR) is 101 cm³/mol. The van der Waals surface area contributed by atoms with Crippen LogP contribution in [0.25, 0.3) is 11.1 Å². The maximum atomic E-state index is 5.91. The molecule has 0 unspecified atom stereocenters. The minimum absolute atomic E-state index is 0.796. The van der Waals surface area contributed by atoms with Gasteiger partial charge in [-0.3, -0.25) is 0 Å². The third-order valence-electron chi connectivity index (χ3n) is 4.79. The first kappa shape index (κ1) is 17.0. The van der Waals surface area contributed by atoms with E-state index < -0.39 is 0 Å². The first-order chi connectivity index (χ1) is 11.7. The van der Waals surface area contributed by atoms with Crippen LogP contribution >= 0.6 is 0 Å². The molecule has 0 radical (unpaired) electrons. The second kappa shape index (κ2) is 8.34. The Balaban J connectivity index is 1.42. The summed E-state index contributed by atoms with van der Waals surface area (Å²) in [5.74, 6) is 2.63. The number of benzene rings is 2. The Morgan fingerprint density at radius 2 is 1.50 bits per heavy atom. The average Bonchev–Trinajstić information content (AvgIpc) is 2.59. The minimum Gasteiger partial charge on any atom is -0.494 e. The molecule has 0 aliphatic carbocycles. The van der Waals surface area contributed by atoms with Crippen LogP contribution in [0, 0.1) is 11.8 Å². The fourth-order valence-corrected chi connectivity index (χ4v) is 3.83. The van der Waals surface area contributed by atoms with Crippen LogP contribution in [-0.4, -0.2) is 31.1 Å².